The lowest BCUT2D eigenvalue weighted by atomic mass is 9.89. The van der Waals surface area contributed by atoms with E-state index in [0.29, 0.717) is 23.0 Å². The molecule has 0 saturated heterocycles. The molecular formula is C16H24N2O2S. The summed E-state index contributed by atoms with van der Waals surface area (Å²) in [6.45, 7) is 2.45. The maximum absolute atomic E-state index is 12.8. The van der Waals surface area contributed by atoms with Crippen molar-refractivity contribution in [2.75, 3.05) is 19.3 Å². The second kappa shape index (κ2) is 5.29. The quantitative estimate of drug-likeness (QED) is 0.870. The molecule has 0 spiro atoms. The Balaban J connectivity index is 1.79. The zero-order valence-corrected chi connectivity index (χ0v) is 13.6. The second-order valence-corrected chi connectivity index (χ2v) is 8.76. The van der Waals surface area contributed by atoms with E-state index in [0.717, 1.165) is 17.4 Å². The highest BCUT2D eigenvalue weighted by atomic mass is 32.2. The Bertz CT molecular complexity index is 642. The van der Waals surface area contributed by atoms with Crippen molar-refractivity contribution in [2.24, 2.45) is 17.8 Å². The van der Waals surface area contributed by atoms with E-state index in [2.05, 4.69) is 0 Å². The Morgan fingerprint density at radius 1 is 1.29 bits per heavy atom. The van der Waals surface area contributed by atoms with Crippen LogP contribution in [0.2, 0.25) is 0 Å². The molecule has 0 amide bonds. The molecule has 1 aromatic rings. The molecule has 0 heterocycles. The molecule has 1 aromatic carbocycles. The number of nitrogens with two attached hydrogens (primary N) is 1. The topological polar surface area (TPSA) is 63.4 Å². The third-order valence-electron chi connectivity index (χ3n) is 5.28. The first-order valence-electron chi connectivity index (χ1n) is 7.70. The third kappa shape index (κ3) is 2.69. The molecule has 2 aliphatic rings. The lowest BCUT2D eigenvalue weighted by molar-refractivity contribution is 0.280. The number of hydrogen-bond acceptors (Lipinski definition) is 3. The molecule has 21 heavy (non-hydrogen) atoms. The molecule has 4 nitrogen and oxygen atoms in total. The molecule has 0 aromatic heterocycles. The van der Waals surface area contributed by atoms with Gasteiger partial charge in [0.05, 0.1) is 4.90 Å². The first-order chi connectivity index (χ1) is 9.88. The summed E-state index contributed by atoms with van der Waals surface area (Å²) in [7, 11) is -1.74. The van der Waals surface area contributed by atoms with Crippen LogP contribution in [-0.4, -0.2) is 26.3 Å². The van der Waals surface area contributed by atoms with Crippen LogP contribution in [0.15, 0.2) is 23.1 Å². The van der Waals surface area contributed by atoms with Gasteiger partial charge in [-0.05, 0) is 61.6 Å². The van der Waals surface area contributed by atoms with Gasteiger partial charge in [-0.15, -0.1) is 0 Å². The minimum atomic E-state index is -3.44. The Labute approximate surface area is 127 Å². The van der Waals surface area contributed by atoms with Crippen LogP contribution in [0, 0.1) is 24.7 Å². The zero-order chi connectivity index (χ0) is 15.2. The smallest absolute Gasteiger partial charge is 0.243 e. The Morgan fingerprint density at radius 3 is 2.67 bits per heavy atom. The average Bonchev–Trinajstić information content (AvgIpc) is 3.03. The standard InChI is InChI=1S/C16H24N2O2S/c1-11-3-6-15(17)9-16(11)21(19,20)18(2)10-14-8-12-4-5-13(14)7-12/h3,6,9,12-14H,4-5,7-8,10,17H2,1-2H3. The van der Waals surface area contributed by atoms with Crippen molar-refractivity contribution in [2.45, 2.75) is 37.5 Å². The van der Waals surface area contributed by atoms with Gasteiger partial charge in [0.15, 0.2) is 0 Å². The molecule has 5 heteroatoms. The van der Waals surface area contributed by atoms with E-state index in [1.165, 1.54) is 30.0 Å². The monoisotopic (exact) mass is 308 g/mol. The number of sulfonamides is 1. The summed E-state index contributed by atoms with van der Waals surface area (Å²) >= 11 is 0. The van der Waals surface area contributed by atoms with Crippen LogP contribution in [0.3, 0.4) is 0 Å². The summed E-state index contributed by atoms with van der Waals surface area (Å²) in [4.78, 5) is 0.341. The second-order valence-electron chi connectivity index (χ2n) is 6.75. The van der Waals surface area contributed by atoms with Gasteiger partial charge in [-0.3, -0.25) is 0 Å². The Morgan fingerprint density at radius 2 is 2.05 bits per heavy atom. The first-order valence-corrected chi connectivity index (χ1v) is 9.14. The van der Waals surface area contributed by atoms with Gasteiger partial charge in [0.25, 0.3) is 0 Å². The van der Waals surface area contributed by atoms with Crippen LogP contribution in [0.5, 0.6) is 0 Å². The molecule has 3 atom stereocenters. The number of hydrogen-bond donors (Lipinski definition) is 1. The summed E-state index contributed by atoms with van der Waals surface area (Å²) in [5.74, 6) is 2.10. The van der Waals surface area contributed by atoms with E-state index in [9.17, 15) is 8.42 Å². The zero-order valence-electron chi connectivity index (χ0n) is 12.7. The fourth-order valence-electron chi connectivity index (χ4n) is 4.09. The maximum Gasteiger partial charge on any atom is 0.243 e. The van der Waals surface area contributed by atoms with Crippen molar-refractivity contribution >= 4 is 15.7 Å². The highest BCUT2D eigenvalue weighted by Crippen LogP contribution is 2.48. The van der Waals surface area contributed by atoms with Crippen molar-refractivity contribution in [1.29, 1.82) is 0 Å². The number of anilines is 1. The molecule has 2 saturated carbocycles. The largest absolute Gasteiger partial charge is 0.399 e. The van der Waals surface area contributed by atoms with Crippen LogP contribution in [-0.2, 0) is 10.0 Å². The number of nitrogen functional groups attached to an aromatic ring is 1. The molecule has 3 rings (SSSR count). The van der Waals surface area contributed by atoms with Crippen LogP contribution in [0.4, 0.5) is 5.69 Å². The lowest BCUT2D eigenvalue weighted by Crippen LogP contribution is -2.34. The minimum Gasteiger partial charge on any atom is -0.399 e. The van der Waals surface area contributed by atoms with E-state index in [-0.39, 0.29) is 0 Å². The molecule has 116 valence electrons. The van der Waals surface area contributed by atoms with Gasteiger partial charge in [0.1, 0.15) is 0 Å². The molecular weight excluding hydrogens is 284 g/mol. The van der Waals surface area contributed by atoms with E-state index < -0.39 is 10.0 Å². The fourth-order valence-corrected chi connectivity index (χ4v) is 5.57. The van der Waals surface area contributed by atoms with Crippen molar-refractivity contribution in [1.82, 2.24) is 4.31 Å². The van der Waals surface area contributed by atoms with Crippen molar-refractivity contribution < 1.29 is 8.42 Å². The van der Waals surface area contributed by atoms with Gasteiger partial charge in [-0.1, -0.05) is 12.5 Å². The van der Waals surface area contributed by atoms with E-state index in [4.69, 9.17) is 5.73 Å². The van der Waals surface area contributed by atoms with Gasteiger partial charge in [-0.25, -0.2) is 12.7 Å². The number of benzene rings is 1. The molecule has 2 N–H and O–H groups in total. The van der Waals surface area contributed by atoms with Gasteiger partial charge in [0.2, 0.25) is 10.0 Å². The summed E-state index contributed by atoms with van der Waals surface area (Å²) in [6.07, 6.45) is 5.11. The van der Waals surface area contributed by atoms with Crippen LogP contribution < -0.4 is 5.73 Å². The van der Waals surface area contributed by atoms with Gasteiger partial charge >= 0.3 is 0 Å². The average molecular weight is 308 g/mol. The molecule has 0 aliphatic heterocycles. The normalized spacial score (nSPS) is 28.4. The molecule has 2 bridgehead atoms. The van der Waals surface area contributed by atoms with Gasteiger partial charge in [-0.2, -0.15) is 0 Å². The predicted octanol–water partition coefficient (Wildman–Crippen LogP) is 2.63. The fraction of sp³-hybridized carbons (Fsp3) is 0.625. The number of rotatable bonds is 4. The van der Waals surface area contributed by atoms with Crippen molar-refractivity contribution in [3.05, 3.63) is 23.8 Å². The molecule has 3 unspecified atom stereocenters. The minimum absolute atomic E-state index is 0.341. The number of fused-ring (bicyclic) bond motifs is 2. The number of nitrogens with zero attached hydrogens (tertiary/aromatic N) is 1. The lowest BCUT2D eigenvalue weighted by Gasteiger charge is -2.27. The first kappa shape index (κ1) is 14.9. The van der Waals surface area contributed by atoms with Gasteiger partial charge in [0, 0.05) is 19.3 Å². The molecule has 0 radical (unpaired) electrons. The van der Waals surface area contributed by atoms with E-state index in [1.54, 1.807) is 25.2 Å². The van der Waals surface area contributed by atoms with Crippen LogP contribution in [0.1, 0.15) is 31.2 Å². The predicted molar refractivity (Wildman–Crippen MR) is 84.3 cm³/mol. The Hall–Kier alpha value is -1.07. The van der Waals surface area contributed by atoms with Crippen molar-refractivity contribution in [3.63, 3.8) is 0 Å². The van der Waals surface area contributed by atoms with E-state index in [1.807, 2.05) is 6.92 Å². The van der Waals surface area contributed by atoms with Crippen LogP contribution in [0.25, 0.3) is 0 Å². The Kier molecular flexibility index (Phi) is 3.74. The maximum atomic E-state index is 12.8. The molecule has 2 fully saturated rings. The summed E-state index contributed by atoms with van der Waals surface area (Å²) in [5.41, 5.74) is 7.00. The van der Waals surface area contributed by atoms with E-state index >= 15 is 0 Å². The third-order valence-corrected chi connectivity index (χ3v) is 7.24. The number of aryl methyl sites for hydroxylation is 1. The molecule has 2 aliphatic carbocycles. The van der Waals surface area contributed by atoms with Gasteiger partial charge < -0.3 is 5.73 Å². The highest BCUT2D eigenvalue weighted by molar-refractivity contribution is 7.89. The SMILES string of the molecule is Cc1ccc(N)cc1S(=O)(=O)N(C)CC1CC2CCC1C2. The summed E-state index contributed by atoms with van der Waals surface area (Å²) in [6, 6.07) is 5.08. The van der Waals surface area contributed by atoms with Crippen molar-refractivity contribution in [3.8, 4) is 0 Å². The highest BCUT2D eigenvalue weighted by Gasteiger charge is 2.41. The summed E-state index contributed by atoms with van der Waals surface area (Å²) < 4.78 is 27.1. The summed E-state index contributed by atoms with van der Waals surface area (Å²) in [5, 5.41) is 0. The van der Waals surface area contributed by atoms with Crippen LogP contribution >= 0.6 is 0 Å².